The van der Waals surface area contributed by atoms with Crippen molar-refractivity contribution < 1.29 is 14.3 Å². The van der Waals surface area contributed by atoms with E-state index in [4.69, 9.17) is 4.74 Å². The van der Waals surface area contributed by atoms with Crippen molar-refractivity contribution in [3.8, 4) is 5.75 Å². The van der Waals surface area contributed by atoms with Crippen LogP contribution in [0.5, 0.6) is 5.75 Å². The van der Waals surface area contributed by atoms with E-state index in [1.807, 2.05) is 62.4 Å². The number of nitrogens with one attached hydrogen (secondary N) is 1. The van der Waals surface area contributed by atoms with Gasteiger partial charge in [-0.1, -0.05) is 42.0 Å². The van der Waals surface area contributed by atoms with Gasteiger partial charge in [0.2, 0.25) is 11.8 Å². The third-order valence-electron chi connectivity index (χ3n) is 4.52. The maximum absolute atomic E-state index is 12.6. The second kappa shape index (κ2) is 8.04. The van der Waals surface area contributed by atoms with E-state index in [0.717, 1.165) is 5.56 Å². The Bertz CT molecular complexity index is 786. The van der Waals surface area contributed by atoms with Crippen LogP contribution in [0.1, 0.15) is 24.5 Å². The first-order chi connectivity index (χ1) is 12.6. The molecule has 1 aliphatic rings. The number of para-hydroxylation sites is 2. The lowest BCUT2D eigenvalue weighted by atomic mass is 10.1. The molecule has 1 fully saturated rings. The van der Waals surface area contributed by atoms with Gasteiger partial charge in [0.1, 0.15) is 5.75 Å². The molecule has 0 radical (unpaired) electrons. The Hall–Kier alpha value is -2.82. The van der Waals surface area contributed by atoms with Gasteiger partial charge in [-0.15, -0.1) is 0 Å². The van der Waals surface area contributed by atoms with E-state index in [0.29, 0.717) is 31.1 Å². The Morgan fingerprint density at radius 1 is 1.19 bits per heavy atom. The number of nitrogens with zero attached hydrogens (tertiary/aromatic N) is 1. The molecule has 1 N–H and O–H groups in total. The van der Waals surface area contributed by atoms with Crippen LogP contribution < -0.4 is 10.1 Å². The molecule has 2 aromatic carbocycles. The first kappa shape index (κ1) is 18.0. The molecule has 0 unspecified atom stereocenters. The zero-order valence-electron chi connectivity index (χ0n) is 15.2. The molecule has 1 saturated heterocycles. The molecule has 1 atom stereocenters. The molecular weight excluding hydrogens is 328 g/mol. The highest BCUT2D eigenvalue weighted by Crippen LogP contribution is 2.26. The van der Waals surface area contributed by atoms with Crippen molar-refractivity contribution in [2.24, 2.45) is 5.92 Å². The van der Waals surface area contributed by atoms with Gasteiger partial charge in [-0.3, -0.25) is 9.59 Å². The fraction of sp³-hybridized carbons (Fsp3) is 0.333. The molecule has 0 saturated carbocycles. The monoisotopic (exact) mass is 352 g/mol. The molecule has 1 heterocycles. The second-order valence-electron chi connectivity index (χ2n) is 6.58. The molecule has 0 aliphatic carbocycles. The minimum atomic E-state index is -0.345. The van der Waals surface area contributed by atoms with Crippen molar-refractivity contribution in [3.63, 3.8) is 0 Å². The number of benzene rings is 2. The molecule has 0 bridgehead atoms. The number of rotatable bonds is 6. The maximum Gasteiger partial charge on any atom is 0.229 e. The largest absolute Gasteiger partial charge is 0.492 e. The van der Waals surface area contributed by atoms with Gasteiger partial charge < -0.3 is 15.0 Å². The number of hydrogen-bond donors (Lipinski definition) is 1. The predicted molar refractivity (Wildman–Crippen MR) is 101 cm³/mol. The molecule has 2 amide bonds. The SMILES string of the molecule is CCOc1ccccc1NC(=O)[C@@H]1CC(=O)N(Cc2ccc(C)cc2)C1. The Morgan fingerprint density at radius 2 is 1.92 bits per heavy atom. The highest BCUT2D eigenvalue weighted by atomic mass is 16.5. The van der Waals surface area contributed by atoms with Crippen molar-refractivity contribution in [2.45, 2.75) is 26.8 Å². The van der Waals surface area contributed by atoms with E-state index in [2.05, 4.69) is 5.32 Å². The molecule has 136 valence electrons. The fourth-order valence-corrected chi connectivity index (χ4v) is 3.10. The Morgan fingerprint density at radius 3 is 2.65 bits per heavy atom. The first-order valence-electron chi connectivity index (χ1n) is 8.93. The summed E-state index contributed by atoms with van der Waals surface area (Å²) in [6.45, 7) is 5.44. The molecule has 0 aromatic heterocycles. The summed E-state index contributed by atoms with van der Waals surface area (Å²) in [5.41, 5.74) is 2.90. The van der Waals surface area contributed by atoms with Gasteiger partial charge in [0.15, 0.2) is 0 Å². The predicted octanol–water partition coefficient (Wildman–Crippen LogP) is 3.38. The van der Waals surface area contributed by atoms with Crippen molar-refractivity contribution in [2.75, 3.05) is 18.5 Å². The third kappa shape index (κ3) is 4.23. The van der Waals surface area contributed by atoms with E-state index in [9.17, 15) is 9.59 Å². The summed E-state index contributed by atoms with van der Waals surface area (Å²) in [6, 6.07) is 15.5. The number of carbonyl (C=O) groups excluding carboxylic acids is 2. The van der Waals surface area contributed by atoms with E-state index in [1.54, 1.807) is 4.90 Å². The van der Waals surface area contributed by atoms with Crippen LogP contribution in [0.25, 0.3) is 0 Å². The molecular formula is C21H24N2O3. The average Bonchev–Trinajstić information content (AvgIpc) is 3.00. The maximum atomic E-state index is 12.6. The minimum absolute atomic E-state index is 0.0174. The summed E-state index contributed by atoms with van der Waals surface area (Å²) < 4.78 is 5.54. The summed E-state index contributed by atoms with van der Waals surface area (Å²) in [5.74, 6) is 0.174. The molecule has 0 spiro atoms. The summed E-state index contributed by atoms with van der Waals surface area (Å²) in [7, 11) is 0. The number of hydrogen-bond acceptors (Lipinski definition) is 3. The van der Waals surface area contributed by atoms with Gasteiger partial charge in [0.05, 0.1) is 18.2 Å². The summed E-state index contributed by atoms with van der Waals surface area (Å²) in [6.07, 6.45) is 0.245. The van der Waals surface area contributed by atoms with Crippen LogP contribution in [0, 0.1) is 12.8 Å². The number of anilines is 1. The van der Waals surface area contributed by atoms with Gasteiger partial charge in [-0.05, 0) is 31.5 Å². The Labute approximate surface area is 154 Å². The summed E-state index contributed by atoms with van der Waals surface area (Å²) in [4.78, 5) is 26.7. The van der Waals surface area contributed by atoms with Crippen molar-refractivity contribution in [1.82, 2.24) is 4.90 Å². The Balaban J connectivity index is 1.63. The van der Waals surface area contributed by atoms with Crippen LogP contribution in [0.3, 0.4) is 0 Å². The molecule has 5 nitrogen and oxygen atoms in total. The lowest BCUT2D eigenvalue weighted by molar-refractivity contribution is -0.128. The molecule has 26 heavy (non-hydrogen) atoms. The van der Waals surface area contributed by atoms with Gasteiger partial charge in [0.25, 0.3) is 0 Å². The van der Waals surface area contributed by atoms with Gasteiger partial charge >= 0.3 is 0 Å². The van der Waals surface area contributed by atoms with Gasteiger partial charge in [-0.25, -0.2) is 0 Å². The van der Waals surface area contributed by atoms with Crippen LogP contribution in [0.4, 0.5) is 5.69 Å². The molecule has 3 rings (SSSR count). The van der Waals surface area contributed by atoms with Crippen LogP contribution in [-0.4, -0.2) is 29.9 Å². The molecule has 5 heteroatoms. The Kier molecular flexibility index (Phi) is 5.56. The van der Waals surface area contributed by atoms with E-state index < -0.39 is 0 Å². The lowest BCUT2D eigenvalue weighted by Crippen LogP contribution is -2.28. The van der Waals surface area contributed by atoms with Crippen molar-refractivity contribution >= 4 is 17.5 Å². The van der Waals surface area contributed by atoms with Crippen molar-refractivity contribution in [1.29, 1.82) is 0 Å². The van der Waals surface area contributed by atoms with Gasteiger partial charge in [-0.2, -0.15) is 0 Å². The zero-order valence-corrected chi connectivity index (χ0v) is 15.2. The smallest absolute Gasteiger partial charge is 0.229 e. The summed E-state index contributed by atoms with van der Waals surface area (Å²) in [5, 5.41) is 2.91. The average molecular weight is 352 g/mol. The highest BCUT2D eigenvalue weighted by Gasteiger charge is 2.34. The molecule has 2 aromatic rings. The van der Waals surface area contributed by atoms with Crippen molar-refractivity contribution in [3.05, 3.63) is 59.7 Å². The summed E-state index contributed by atoms with van der Waals surface area (Å²) >= 11 is 0. The van der Waals surface area contributed by atoms with E-state index >= 15 is 0 Å². The van der Waals surface area contributed by atoms with Crippen LogP contribution in [0.15, 0.2) is 48.5 Å². The lowest BCUT2D eigenvalue weighted by Gasteiger charge is -2.17. The highest BCUT2D eigenvalue weighted by molar-refractivity contribution is 5.98. The number of carbonyl (C=O) groups is 2. The fourth-order valence-electron chi connectivity index (χ4n) is 3.10. The van der Waals surface area contributed by atoms with Crippen LogP contribution in [-0.2, 0) is 16.1 Å². The standard InChI is InChI=1S/C21H24N2O3/c1-3-26-19-7-5-4-6-18(19)22-21(25)17-12-20(24)23(14-17)13-16-10-8-15(2)9-11-16/h4-11,17H,3,12-14H2,1-2H3,(H,22,25)/t17-/m1/s1. The second-order valence-corrected chi connectivity index (χ2v) is 6.58. The zero-order chi connectivity index (χ0) is 18.5. The van der Waals surface area contributed by atoms with E-state index in [1.165, 1.54) is 5.56 Å². The molecule has 1 aliphatic heterocycles. The minimum Gasteiger partial charge on any atom is -0.492 e. The number of aryl methyl sites for hydroxylation is 1. The van der Waals surface area contributed by atoms with E-state index in [-0.39, 0.29) is 24.2 Å². The van der Waals surface area contributed by atoms with Crippen LogP contribution in [0.2, 0.25) is 0 Å². The topological polar surface area (TPSA) is 58.6 Å². The normalized spacial score (nSPS) is 16.6. The van der Waals surface area contributed by atoms with Crippen LogP contribution >= 0.6 is 0 Å². The number of amides is 2. The number of likely N-dealkylation sites (tertiary alicyclic amines) is 1. The quantitative estimate of drug-likeness (QED) is 0.867. The van der Waals surface area contributed by atoms with Gasteiger partial charge in [0, 0.05) is 19.5 Å². The first-order valence-corrected chi connectivity index (χ1v) is 8.93. The third-order valence-corrected chi connectivity index (χ3v) is 4.52. The number of ether oxygens (including phenoxy) is 1.